The lowest BCUT2D eigenvalue weighted by molar-refractivity contribution is -0.122. The third-order valence-corrected chi connectivity index (χ3v) is 2.83. The average Bonchev–Trinajstić information content (AvgIpc) is 2.26. The minimum atomic E-state index is -0.847. The standard InChI is InChI=1S/C12H17ClN2O2/c1-12(11(14)16,6-7-17-2)15-10-5-3-4-9(13)8-10/h3-5,8,15H,6-7H2,1-2H3,(H2,14,16). The number of halogens is 1. The molecule has 0 aliphatic carbocycles. The highest BCUT2D eigenvalue weighted by atomic mass is 35.5. The van der Waals surface area contributed by atoms with Gasteiger partial charge in [-0.2, -0.15) is 0 Å². The van der Waals surface area contributed by atoms with Gasteiger partial charge in [0, 0.05) is 30.8 Å². The van der Waals surface area contributed by atoms with Gasteiger partial charge < -0.3 is 15.8 Å². The number of rotatable bonds is 6. The Kier molecular flexibility index (Phi) is 4.78. The van der Waals surface area contributed by atoms with Crippen molar-refractivity contribution in [2.45, 2.75) is 18.9 Å². The number of carbonyl (C=O) groups excluding carboxylic acids is 1. The molecule has 0 saturated carbocycles. The first-order valence-corrected chi connectivity index (χ1v) is 5.68. The summed E-state index contributed by atoms with van der Waals surface area (Å²) < 4.78 is 4.98. The van der Waals surface area contributed by atoms with Crippen LogP contribution in [0.1, 0.15) is 13.3 Å². The number of methoxy groups -OCH3 is 1. The molecule has 1 amide bonds. The second kappa shape index (κ2) is 5.89. The maximum Gasteiger partial charge on any atom is 0.242 e. The van der Waals surface area contributed by atoms with E-state index in [1.54, 1.807) is 26.2 Å². The van der Waals surface area contributed by atoms with Gasteiger partial charge in [0.1, 0.15) is 5.54 Å². The molecule has 0 radical (unpaired) electrons. The van der Waals surface area contributed by atoms with Gasteiger partial charge in [0.2, 0.25) is 5.91 Å². The van der Waals surface area contributed by atoms with E-state index in [0.717, 1.165) is 5.69 Å². The summed E-state index contributed by atoms with van der Waals surface area (Å²) >= 11 is 5.88. The molecule has 0 aliphatic rings. The van der Waals surface area contributed by atoms with E-state index in [1.807, 2.05) is 12.1 Å². The molecule has 0 spiro atoms. The zero-order valence-electron chi connectivity index (χ0n) is 10.00. The number of anilines is 1. The van der Waals surface area contributed by atoms with Gasteiger partial charge in [-0.15, -0.1) is 0 Å². The summed E-state index contributed by atoms with van der Waals surface area (Å²) in [6.07, 6.45) is 0.491. The molecule has 5 heteroatoms. The number of benzene rings is 1. The third kappa shape index (κ3) is 3.91. The molecule has 1 aromatic rings. The first-order chi connectivity index (χ1) is 7.98. The Morgan fingerprint density at radius 1 is 1.59 bits per heavy atom. The molecule has 0 saturated heterocycles. The summed E-state index contributed by atoms with van der Waals surface area (Å²) in [6.45, 7) is 2.20. The normalized spacial score (nSPS) is 14.1. The molecule has 1 unspecified atom stereocenters. The topological polar surface area (TPSA) is 64.3 Å². The molecule has 0 bridgehead atoms. The Morgan fingerprint density at radius 3 is 2.82 bits per heavy atom. The smallest absolute Gasteiger partial charge is 0.242 e. The van der Waals surface area contributed by atoms with Crippen molar-refractivity contribution in [1.82, 2.24) is 0 Å². The molecule has 0 heterocycles. The number of nitrogens with two attached hydrogens (primary N) is 1. The average molecular weight is 257 g/mol. The molecule has 94 valence electrons. The Labute approximate surface area is 106 Å². The van der Waals surface area contributed by atoms with Crippen LogP contribution in [0.4, 0.5) is 5.69 Å². The molecule has 1 rings (SSSR count). The van der Waals surface area contributed by atoms with Gasteiger partial charge in [-0.05, 0) is 25.1 Å². The van der Waals surface area contributed by atoms with Crippen molar-refractivity contribution < 1.29 is 9.53 Å². The maximum atomic E-state index is 11.5. The highest BCUT2D eigenvalue weighted by Gasteiger charge is 2.30. The van der Waals surface area contributed by atoms with Crippen LogP contribution in [0, 0.1) is 0 Å². The largest absolute Gasteiger partial charge is 0.385 e. The number of primary amides is 1. The molecular formula is C12H17ClN2O2. The van der Waals surface area contributed by atoms with Gasteiger partial charge in [-0.1, -0.05) is 17.7 Å². The number of carbonyl (C=O) groups is 1. The fourth-order valence-electron chi connectivity index (χ4n) is 1.44. The van der Waals surface area contributed by atoms with Gasteiger partial charge in [0.25, 0.3) is 0 Å². The molecule has 1 aromatic carbocycles. The lowest BCUT2D eigenvalue weighted by atomic mass is 9.97. The Hall–Kier alpha value is -1.26. The molecule has 0 aromatic heterocycles. The van der Waals surface area contributed by atoms with E-state index in [-0.39, 0.29) is 0 Å². The highest BCUT2D eigenvalue weighted by Crippen LogP contribution is 2.21. The molecule has 17 heavy (non-hydrogen) atoms. The molecule has 4 nitrogen and oxygen atoms in total. The zero-order valence-corrected chi connectivity index (χ0v) is 10.8. The summed E-state index contributed by atoms with van der Waals surface area (Å²) in [5, 5.41) is 3.70. The van der Waals surface area contributed by atoms with Crippen molar-refractivity contribution >= 4 is 23.2 Å². The maximum absolute atomic E-state index is 11.5. The third-order valence-electron chi connectivity index (χ3n) is 2.59. The summed E-state index contributed by atoms with van der Waals surface area (Å²) in [5.74, 6) is -0.422. The fourth-order valence-corrected chi connectivity index (χ4v) is 1.63. The van der Waals surface area contributed by atoms with E-state index >= 15 is 0 Å². The van der Waals surface area contributed by atoms with Crippen molar-refractivity contribution in [3.05, 3.63) is 29.3 Å². The van der Waals surface area contributed by atoms with Crippen LogP contribution >= 0.6 is 11.6 Å². The summed E-state index contributed by atoms with van der Waals surface area (Å²) in [6, 6.07) is 7.15. The predicted octanol–water partition coefficient (Wildman–Crippen LogP) is 2.03. The van der Waals surface area contributed by atoms with E-state index in [1.165, 1.54) is 0 Å². The lowest BCUT2D eigenvalue weighted by Gasteiger charge is -2.28. The van der Waals surface area contributed by atoms with Crippen LogP contribution in [0.2, 0.25) is 5.02 Å². The lowest BCUT2D eigenvalue weighted by Crippen LogP contribution is -2.48. The number of ether oxygens (including phenoxy) is 1. The Balaban J connectivity index is 2.83. The predicted molar refractivity (Wildman–Crippen MR) is 69.2 cm³/mol. The highest BCUT2D eigenvalue weighted by molar-refractivity contribution is 6.30. The van der Waals surface area contributed by atoms with Crippen LogP contribution in [0.5, 0.6) is 0 Å². The van der Waals surface area contributed by atoms with E-state index in [4.69, 9.17) is 22.1 Å². The van der Waals surface area contributed by atoms with Crippen LogP contribution in [0.25, 0.3) is 0 Å². The Bertz CT molecular complexity index is 398. The minimum absolute atomic E-state index is 0.422. The first-order valence-electron chi connectivity index (χ1n) is 5.30. The van der Waals surface area contributed by atoms with Crippen molar-refractivity contribution in [3.8, 4) is 0 Å². The quantitative estimate of drug-likeness (QED) is 0.819. The van der Waals surface area contributed by atoms with Crippen LogP contribution in [0.15, 0.2) is 24.3 Å². The zero-order chi connectivity index (χ0) is 12.9. The van der Waals surface area contributed by atoms with Crippen LogP contribution in [-0.4, -0.2) is 25.2 Å². The molecular weight excluding hydrogens is 240 g/mol. The van der Waals surface area contributed by atoms with Gasteiger partial charge in [-0.25, -0.2) is 0 Å². The fraction of sp³-hybridized carbons (Fsp3) is 0.417. The summed E-state index contributed by atoms with van der Waals surface area (Å²) in [7, 11) is 1.58. The molecule has 0 fully saturated rings. The SMILES string of the molecule is COCCC(C)(Nc1cccc(Cl)c1)C(N)=O. The van der Waals surface area contributed by atoms with E-state index < -0.39 is 11.4 Å². The monoisotopic (exact) mass is 256 g/mol. The summed E-state index contributed by atoms with van der Waals surface area (Å²) in [4.78, 5) is 11.5. The van der Waals surface area contributed by atoms with Crippen LogP contribution in [-0.2, 0) is 9.53 Å². The minimum Gasteiger partial charge on any atom is -0.385 e. The van der Waals surface area contributed by atoms with Gasteiger partial charge in [0.15, 0.2) is 0 Å². The number of nitrogens with one attached hydrogen (secondary N) is 1. The summed E-state index contributed by atoms with van der Waals surface area (Å²) in [5.41, 5.74) is 5.32. The first kappa shape index (κ1) is 13.8. The molecule has 0 aliphatic heterocycles. The number of hydrogen-bond acceptors (Lipinski definition) is 3. The van der Waals surface area contributed by atoms with Crippen LogP contribution in [0.3, 0.4) is 0 Å². The van der Waals surface area contributed by atoms with Crippen LogP contribution < -0.4 is 11.1 Å². The Morgan fingerprint density at radius 2 is 2.29 bits per heavy atom. The second-order valence-corrected chi connectivity index (χ2v) is 4.51. The van der Waals surface area contributed by atoms with Crippen molar-refractivity contribution in [3.63, 3.8) is 0 Å². The number of amides is 1. The van der Waals surface area contributed by atoms with E-state index in [9.17, 15) is 4.79 Å². The van der Waals surface area contributed by atoms with Gasteiger partial charge >= 0.3 is 0 Å². The van der Waals surface area contributed by atoms with Crippen molar-refractivity contribution in [2.75, 3.05) is 19.0 Å². The molecule has 1 atom stereocenters. The molecule has 3 N–H and O–H groups in total. The van der Waals surface area contributed by atoms with Gasteiger partial charge in [-0.3, -0.25) is 4.79 Å². The van der Waals surface area contributed by atoms with Crippen molar-refractivity contribution in [2.24, 2.45) is 5.73 Å². The van der Waals surface area contributed by atoms with E-state index in [0.29, 0.717) is 18.1 Å². The van der Waals surface area contributed by atoms with Crippen molar-refractivity contribution in [1.29, 1.82) is 0 Å². The second-order valence-electron chi connectivity index (χ2n) is 4.07. The van der Waals surface area contributed by atoms with Gasteiger partial charge in [0.05, 0.1) is 0 Å². The van der Waals surface area contributed by atoms with E-state index in [2.05, 4.69) is 5.32 Å². The number of hydrogen-bond donors (Lipinski definition) is 2.